The number of halogens is 1. The highest BCUT2D eigenvalue weighted by molar-refractivity contribution is 5.78. The average Bonchev–Trinajstić information content (AvgIpc) is 3.12. The number of esters is 1. The number of hydrogen-bond acceptors (Lipinski definition) is 2. The molecule has 0 aliphatic heterocycles. The lowest BCUT2D eigenvalue weighted by atomic mass is 9.85. The lowest BCUT2D eigenvalue weighted by Crippen LogP contribution is -3.00. The van der Waals surface area contributed by atoms with Gasteiger partial charge in [0.05, 0.1) is 25.6 Å². The number of nitrogens with zero attached hydrogens (tertiary/aromatic N) is 1. The van der Waals surface area contributed by atoms with Gasteiger partial charge in [-0.3, -0.25) is 9.28 Å². The van der Waals surface area contributed by atoms with Gasteiger partial charge in [-0.1, -0.05) is 43.2 Å². The van der Waals surface area contributed by atoms with Crippen LogP contribution in [-0.4, -0.2) is 36.8 Å². The number of carbonyl (C=O) groups excluding carboxylic acids is 1. The Morgan fingerprint density at radius 3 is 2.12 bits per heavy atom. The first-order chi connectivity index (χ1) is 11.2. The predicted molar refractivity (Wildman–Crippen MR) is 94.0 cm³/mol. The summed E-state index contributed by atoms with van der Waals surface area (Å²) in [6, 6.07) is 10.2. The van der Waals surface area contributed by atoms with E-state index in [2.05, 4.69) is 32.9 Å². The fourth-order valence-electron chi connectivity index (χ4n) is 3.79. The van der Waals surface area contributed by atoms with E-state index in [0.29, 0.717) is 12.6 Å². The van der Waals surface area contributed by atoms with Gasteiger partial charge in [0.1, 0.15) is 0 Å². The van der Waals surface area contributed by atoms with Crippen LogP contribution in [0.5, 0.6) is 0 Å². The molecule has 0 spiro atoms. The summed E-state index contributed by atoms with van der Waals surface area (Å²) in [5, 5.41) is 0. The summed E-state index contributed by atoms with van der Waals surface area (Å²) in [5.74, 6) is 0.323. The maximum atomic E-state index is 12.9. The molecule has 0 bridgehead atoms. The van der Waals surface area contributed by atoms with Gasteiger partial charge in [-0.25, -0.2) is 0 Å². The van der Waals surface area contributed by atoms with Gasteiger partial charge in [-0.2, -0.15) is 0 Å². The molecule has 0 radical (unpaired) electrons. The molecule has 3 nitrogen and oxygen atoms in total. The van der Waals surface area contributed by atoms with Crippen molar-refractivity contribution in [2.75, 3.05) is 26.4 Å². The molecule has 0 saturated heterocycles. The van der Waals surface area contributed by atoms with Crippen LogP contribution in [0.2, 0.25) is 0 Å². The molecular formula is C20H32INO2. The molecule has 136 valence electrons. The Labute approximate surface area is 164 Å². The summed E-state index contributed by atoms with van der Waals surface area (Å²) >= 11 is 0. The van der Waals surface area contributed by atoms with E-state index < -0.39 is 0 Å². The van der Waals surface area contributed by atoms with Crippen LogP contribution < -0.4 is 24.0 Å². The van der Waals surface area contributed by atoms with Gasteiger partial charge in [0.15, 0.2) is 0 Å². The monoisotopic (exact) mass is 445 g/mol. The van der Waals surface area contributed by atoms with Crippen LogP contribution >= 0.6 is 0 Å². The maximum Gasteiger partial charge on any atom is 0.317 e. The molecule has 1 aromatic rings. The van der Waals surface area contributed by atoms with Crippen molar-refractivity contribution in [2.24, 2.45) is 5.92 Å². The fourth-order valence-corrected chi connectivity index (χ4v) is 3.79. The van der Waals surface area contributed by atoms with Crippen molar-refractivity contribution >= 4 is 5.97 Å². The van der Waals surface area contributed by atoms with Crippen molar-refractivity contribution in [3.8, 4) is 0 Å². The summed E-state index contributed by atoms with van der Waals surface area (Å²) in [7, 11) is 0. The third-order valence-corrected chi connectivity index (χ3v) is 5.78. The van der Waals surface area contributed by atoms with Crippen LogP contribution in [0.1, 0.15) is 57.9 Å². The smallest absolute Gasteiger partial charge is 0.317 e. The minimum absolute atomic E-state index is 0. The molecule has 0 aromatic heterocycles. The average molecular weight is 445 g/mol. The van der Waals surface area contributed by atoms with Crippen molar-refractivity contribution in [1.29, 1.82) is 0 Å². The van der Waals surface area contributed by atoms with Gasteiger partial charge in [0, 0.05) is 0 Å². The van der Waals surface area contributed by atoms with Crippen LogP contribution in [-0.2, 0) is 9.53 Å². The number of rotatable bonds is 8. The molecule has 1 atom stereocenters. The first-order valence-electron chi connectivity index (χ1n) is 9.22. The van der Waals surface area contributed by atoms with E-state index >= 15 is 0 Å². The molecule has 1 fully saturated rings. The first-order valence-corrected chi connectivity index (χ1v) is 9.22. The summed E-state index contributed by atoms with van der Waals surface area (Å²) in [6.45, 7) is 10.0. The topological polar surface area (TPSA) is 26.3 Å². The zero-order valence-corrected chi connectivity index (χ0v) is 17.5. The summed E-state index contributed by atoms with van der Waals surface area (Å²) in [5.41, 5.74) is 1.12. The molecule has 2 rings (SSSR count). The van der Waals surface area contributed by atoms with Gasteiger partial charge < -0.3 is 28.7 Å². The normalized spacial score (nSPS) is 16.5. The molecule has 1 aromatic carbocycles. The van der Waals surface area contributed by atoms with Crippen LogP contribution in [0.25, 0.3) is 0 Å². The lowest BCUT2D eigenvalue weighted by molar-refractivity contribution is -0.938. The van der Waals surface area contributed by atoms with Crippen LogP contribution in [0.4, 0.5) is 0 Å². The summed E-state index contributed by atoms with van der Waals surface area (Å²) < 4.78 is 6.69. The molecule has 1 saturated carbocycles. The molecule has 0 amide bonds. The zero-order chi connectivity index (χ0) is 16.7. The molecule has 4 heteroatoms. The summed E-state index contributed by atoms with van der Waals surface area (Å²) in [4.78, 5) is 12.9. The minimum Gasteiger partial charge on any atom is -1.00 e. The standard InChI is InChI=1S/C20H32NO2.HI/c1-4-21(5-2,6-3)16-23-20(22)19(18-14-10-11-15-18)17-12-8-7-9-13-17;/h7-9,12-13,18-19H,4-6,10-11,14-16H2,1-3H3;1H/q+1;/p-1. The second kappa shape index (κ2) is 10.4. The SMILES string of the molecule is CC[N+](CC)(CC)COC(=O)C(c1ccccc1)C1CCCC1.[I-]. The Hall–Kier alpha value is -0.620. The number of ether oxygens (including phenoxy) is 1. The largest absolute Gasteiger partial charge is 1.00 e. The van der Waals surface area contributed by atoms with E-state index in [1.54, 1.807) is 0 Å². The van der Waals surface area contributed by atoms with Gasteiger partial charge in [0.2, 0.25) is 6.73 Å². The van der Waals surface area contributed by atoms with E-state index in [-0.39, 0.29) is 35.9 Å². The van der Waals surface area contributed by atoms with Gasteiger partial charge >= 0.3 is 5.97 Å². The van der Waals surface area contributed by atoms with E-state index in [1.807, 2.05) is 18.2 Å². The van der Waals surface area contributed by atoms with Crippen LogP contribution in [0.3, 0.4) is 0 Å². The molecule has 1 aliphatic carbocycles. The van der Waals surface area contributed by atoms with Gasteiger partial charge in [0.25, 0.3) is 0 Å². The Balaban J connectivity index is 0.00000288. The second-order valence-corrected chi connectivity index (χ2v) is 6.82. The van der Waals surface area contributed by atoms with Crippen molar-refractivity contribution in [2.45, 2.75) is 52.4 Å². The van der Waals surface area contributed by atoms with E-state index in [1.165, 1.54) is 12.8 Å². The predicted octanol–water partition coefficient (Wildman–Crippen LogP) is 1.34. The molecular weight excluding hydrogens is 413 g/mol. The fraction of sp³-hybridized carbons (Fsp3) is 0.650. The quantitative estimate of drug-likeness (QED) is 0.261. The number of hydrogen-bond donors (Lipinski definition) is 0. The Morgan fingerprint density at radius 1 is 1.08 bits per heavy atom. The highest BCUT2D eigenvalue weighted by Gasteiger charge is 2.34. The van der Waals surface area contributed by atoms with Crippen molar-refractivity contribution in [1.82, 2.24) is 0 Å². The molecule has 1 unspecified atom stereocenters. The Kier molecular flexibility index (Phi) is 9.27. The lowest BCUT2D eigenvalue weighted by Gasteiger charge is -2.35. The van der Waals surface area contributed by atoms with Crippen molar-refractivity contribution < 1.29 is 38.0 Å². The first kappa shape index (κ1) is 21.4. The zero-order valence-electron chi connectivity index (χ0n) is 15.3. The van der Waals surface area contributed by atoms with E-state index in [9.17, 15) is 4.79 Å². The number of carbonyl (C=O) groups is 1. The van der Waals surface area contributed by atoms with Crippen molar-refractivity contribution in [3.63, 3.8) is 0 Å². The highest BCUT2D eigenvalue weighted by atomic mass is 127. The number of quaternary nitrogens is 1. The minimum atomic E-state index is -0.0915. The van der Waals surface area contributed by atoms with Crippen LogP contribution in [0, 0.1) is 5.92 Å². The maximum absolute atomic E-state index is 12.9. The summed E-state index contributed by atoms with van der Waals surface area (Å²) in [6.07, 6.45) is 4.76. The highest BCUT2D eigenvalue weighted by Crippen LogP contribution is 2.38. The Morgan fingerprint density at radius 2 is 1.62 bits per heavy atom. The van der Waals surface area contributed by atoms with Gasteiger partial charge in [-0.15, -0.1) is 0 Å². The van der Waals surface area contributed by atoms with Crippen molar-refractivity contribution in [3.05, 3.63) is 35.9 Å². The molecule has 0 N–H and O–H groups in total. The third kappa shape index (κ3) is 5.19. The Bertz CT molecular complexity index is 473. The van der Waals surface area contributed by atoms with Crippen LogP contribution in [0.15, 0.2) is 30.3 Å². The molecule has 24 heavy (non-hydrogen) atoms. The van der Waals surface area contributed by atoms with Gasteiger partial charge in [-0.05, 0) is 45.1 Å². The third-order valence-electron chi connectivity index (χ3n) is 5.78. The second-order valence-electron chi connectivity index (χ2n) is 6.82. The number of benzene rings is 1. The molecule has 1 aliphatic rings. The molecule has 0 heterocycles. The van der Waals surface area contributed by atoms with E-state index in [0.717, 1.165) is 42.5 Å². The van der Waals surface area contributed by atoms with E-state index in [4.69, 9.17) is 4.74 Å².